The van der Waals surface area contributed by atoms with Crippen LogP contribution < -0.4 is 5.32 Å². The van der Waals surface area contributed by atoms with Crippen LogP contribution in [-0.4, -0.2) is 73.4 Å². The molecule has 0 aromatic heterocycles. The SMILES string of the molecule is CCCCCCCCC/C=C\CCCCCCCCCC(=O)NC(COP(=O)(O)OCC[N+](C)(C)C)C(O)/C=C/CC/C=C/CCCCCCCCCCCCCCCCCCCCCCC. The molecule has 0 radical (unpaired) electrons. The van der Waals surface area contributed by atoms with E-state index in [2.05, 4.69) is 43.5 Å². The Morgan fingerprint density at radius 3 is 1.19 bits per heavy atom. The smallest absolute Gasteiger partial charge is 0.387 e. The first-order valence-electron chi connectivity index (χ1n) is 28.9. The summed E-state index contributed by atoms with van der Waals surface area (Å²) in [5, 5.41) is 13.9. The van der Waals surface area contributed by atoms with Gasteiger partial charge in [-0.1, -0.05) is 249 Å². The van der Waals surface area contributed by atoms with Crippen LogP contribution in [0.25, 0.3) is 0 Å². The number of nitrogens with one attached hydrogen (secondary N) is 1. The third-order valence-corrected chi connectivity index (χ3v) is 14.1. The van der Waals surface area contributed by atoms with Gasteiger partial charge in [-0.3, -0.25) is 13.8 Å². The zero-order valence-electron chi connectivity index (χ0n) is 45.2. The topological polar surface area (TPSA) is 105 Å². The molecule has 0 aliphatic carbocycles. The molecule has 0 spiro atoms. The van der Waals surface area contributed by atoms with Gasteiger partial charge in [-0.2, -0.15) is 0 Å². The first kappa shape index (κ1) is 65.7. The number of quaternary nitrogens is 1. The van der Waals surface area contributed by atoms with Crippen molar-refractivity contribution in [3.8, 4) is 0 Å². The summed E-state index contributed by atoms with van der Waals surface area (Å²) in [7, 11) is 1.56. The molecule has 9 heteroatoms. The highest BCUT2D eigenvalue weighted by Crippen LogP contribution is 2.43. The predicted molar refractivity (Wildman–Crippen MR) is 291 cm³/mol. The van der Waals surface area contributed by atoms with Crippen molar-refractivity contribution in [1.82, 2.24) is 5.32 Å². The van der Waals surface area contributed by atoms with E-state index in [4.69, 9.17) is 9.05 Å². The van der Waals surface area contributed by atoms with E-state index in [0.29, 0.717) is 17.4 Å². The number of likely N-dealkylation sites (N-methyl/N-ethyl adjacent to an activating group) is 1. The molecular weight excluding hydrogens is 852 g/mol. The second kappa shape index (κ2) is 49.7. The van der Waals surface area contributed by atoms with Gasteiger partial charge in [-0.15, -0.1) is 0 Å². The number of phosphoric ester groups is 1. The van der Waals surface area contributed by atoms with E-state index in [9.17, 15) is 19.4 Å². The highest BCUT2D eigenvalue weighted by atomic mass is 31.2. The highest BCUT2D eigenvalue weighted by Gasteiger charge is 2.27. The average Bonchev–Trinajstić information content (AvgIpc) is 3.29. The summed E-state index contributed by atoms with van der Waals surface area (Å²) in [5.74, 6) is -0.189. The molecule has 0 bridgehead atoms. The van der Waals surface area contributed by atoms with Gasteiger partial charge in [-0.05, 0) is 57.8 Å². The Hall–Kier alpha value is -1.28. The number of rotatable bonds is 53. The maximum Gasteiger partial charge on any atom is 0.472 e. The summed E-state index contributed by atoms with van der Waals surface area (Å²) in [6.45, 7) is 4.82. The number of nitrogens with zero attached hydrogens (tertiary/aromatic N) is 1. The minimum absolute atomic E-state index is 0.0558. The fraction of sp³-hybridized carbons (Fsp3) is 0.879. The molecule has 0 aromatic carbocycles. The second-order valence-corrected chi connectivity index (χ2v) is 22.5. The lowest BCUT2D eigenvalue weighted by atomic mass is 10.0. The zero-order chi connectivity index (χ0) is 49.2. The lowest BCUT2D eigenvalue weighted by Crippen LogP contribution is -2.45. The van der Waals surface area contributed by atoms with Crippen LogP contribution in [0.2, 0.25) is 0 Å². The number of amides is 1. The molecule has 0 heterocycles. The van der Waals surface area contributed by atoms with Crippen molar-refractivity contribution in [3.05, 3.63) is 36.5 Å². The Morgan fingerprint density at radius 1 is 0.493 bits per heavy atom. The van der Waals surface area contributed by atoms with Gasteiger partial charge in [0.15, 0.2) is 0 Å². The maximum absolute atomic E-state index is 13.0. The third-order valence-electron chi connectivity index (χ3n) is 13.1. The number of aliphatic hydroxyl groups is 1. The van der Waals surface area contributed by atoms with Crippen LogP contribution in [0, 0.1) is 0 Å². The van der Waals surface area contributed by atoms with Crippen molar-refractivity contribution in [2.45, 2.75) is 289 Å². The molecule has 0 rings (SSSR count). The molecular formula is C58H114N2O6P+. The molecule has 0 saturated carbocycles. The highest BCUT2D eigenvalue weighted by molar-refractivity contribution is 7.47. The molecule has 3 N–H and O–H groups in total. The van der Waals surface area contributed by atoms with Crippen molar-refractivity contribution >= 4 is 13.7 Å². The molecule has 3 unspecified atom stereocenters. The van der Waals surface area contributed by atoms with E-state index in [1.807, 2.05) is 27.2 Å². The number of hydrogen-bond donors (Lipinski definition) is 3. The van der Waals surface area contributed by atoms with Crippen molar-refractivity contribution in [2.24, 2.45) is 0 Å². The average molecular weight is 967 g/mol. The molecule has 0 aliphatic rings. The van der Waals surface area contributed by atoms with Crippen LogP contribution in [0.15, 0.2) is 36.5 Å². The molecule has 0 aromatic rings. The van der Waals surface area contributed by atoms with Crippen LogP contribution >= 0.6 is 7.82 Å². The van der Waals surface area contributed by atoms with E-state index in [1.165, 1.54) is 218 Å². The number of aliphatic hydroxyl groups excluding tert-OH is 1. The first-order valence-corrected chi connectivity index (χ1v) is 30.4. The molecule has 0 aliphatic heterocycles. The summed E-state index contributed by atoms with van der Waals surface area (Å²) in [4.78, 5) is 23.3. The molecule has 3 atom stereocenters. The molecule has 8 nitrogen and oxygen atoms in total. The number of carbonyl (C=O) groups is 1. The normalized spacial score (nSPS) is 14.2. The van der Waals surface area contributed by atoms with Gasteiger partial charge in [0.1, 0.15) is 13.2 Å². The lowest BCUT2D eigenvalue weighted by Gasteiger charge is -2.25. The predicted octanol–water partition coefficient (Wildman–Crippen LogP) is 17.4. The van der Waals surface area contributed by atoms with Crippen molar-refractivity contribution in [3.63, 3.8) is 0 Å². The molecule has 0 fully saturated rings. The summed E-state index contributed by atoms with van der Waals surface area (Å²) in [6.07, 6.45) is 64.0. The quantitative estimate of drug-likeness (QED) is 0.0243. The summed E-state index contributed by atoms with van der Waals surface area (Å²) in [6, 6.07) is -0.865. The third kappa shape index (κ3) is 52.4. The standard InChI is InChI=1S/C58H113N2O6P/c1-6-8-10-12-14-16-18-20-22-24-26-27-28-29-30-31-32-33-34-35-37-39-41-43-45-47-49-51-57(61)56(55-66-67(63,64)65-54-53-60(3,4)5)59-58(62)52-50-48-46-44-42-40-38-36-25-23-21-19-17-15-13-11-9-7-2/h23,25,41,43,49,51,56-57,61H,6-22,24,26-40,42,44-48,50,52-55H2,1-5H3,(H-,59,62,63,64)/p+1/b25-23-,43-41+,51-49+. The Morgan fingerprint density at radius 2 is 0.821 bits per heavy atom. The van der Waals surface area contributed by atoms with E-state index < -0.39 is 20.0 Å². The number of phosphoric acid groups is 1. The van der Waals surface area contributed by atoms with Crippen LogP contribution in [0.1, 0.15) is 277 Å². The molecule has 1 amide bonds. The number of unbranched alkanes of at least 4 members (excludes halogenated alkanes) is 36. The van der Waals surface area contributed by atoms with Crippen LogP contribution in [0.4, 0.5) is 0 Å². The minimum atomic E-state index is -4.35. The zero-order valence-corrected chi connectivity index (χ0v) is 46.0. The fourth-order valence-electron chi connectivity index (χ4n) is 8.53. The molecule has 396 valence electrons. The fourth-order valence-corrected chi connectivity index (χ4v) is 9.26. The Kier molecular flexibility index (Phi) is 48.7. The summed E-state index contributed by atoms with van der Waals surface area (Å²) in [5.41, 5.74) is 0. The van der Waals surface area contributed by atoms with Crippen molar-refractivity contribution in [1.29, 1.82) is 0 Å². The van der Waals surface area contributed by atoms with Gasteiger partial charge in [0, 0.05) is 6.42 Å². The number of carbonyl (C=O) groups excluding carboxylic acids is 1. The Bertz CT molecular complexity index is 1190. The van der Waals surface area contributed by atoms with Gasteiger partial charge >= 0.3 is 7.82 Å². The molecule has 67 heavy (non-hydrogen) atoms. The second-order valence-electron chi connectivity index (χ2n) is 21.0. The largest absolute Gasteiger partial charge is 0.472 e. The lowest BCUT2D eigenvalue weighted by molar-refractivity contribution is -0.870. The molecule has 0 saturated heterocycles. The van der Waals surface area contributed by atoms with E-state index in [0.717, 1.165) is 38.5 Å². The van der Waals surface area contributed by atoms with E-state index in [1.54, 1.807) is 6.08 Å². The summed E-state index contributed by atoms with van der Waals surface area (Å²) >= 11 is 0. The van der Waals surface area contributed by atoms with Crippen LogP contribution in [0.5, 0.6) is 0 Å². The van der Waals surface area contributed by atoms with Crippen molar-refractivity contribution in [2.75, 3.05) is 40.9 Å². The number of hydrogen-bond acceptors (Lipinski definition) is 5. The first-order chi connectivity index (χ1) is 32.5. The Balaban J connectivity index is 4.23. The number of allylic oxidation sites excluding steroid dienone is 5. The summed E-state index contributed by atoms with van der Waals surface area (Å²) < 4.78 is 23.7. The van der Waals surface area contributed by atoms with Crippen molar-refractivity contribution < 1.29 is 32.9 Å². The van der Waals surface area contributed by atoms with Crippen LogP contribution in [0.3, 0.4) is 0 Å². The minimum Gasteiger partial charge on any atom is -0.387 e. The van der Waals surface area contributed by atoms with Gasteiger partial charge in [-0.25, -0.2) is 4.57 Å². The van der Waals surface area contributed by atoms with Gasteiger partial charge in [0.2, 0.25) is 5.91 Å². The van der Waals surface area contributed by atoms with E-state index >= 15 is 0 Å². The van der Waals surface area contributed by atoms with Gasteiger partial charge < -0.3 is 19.8 Å². The monoisotopic (exact) mass is 966 g/mol. The van der Waals surface area contributed by atoms with Gasteiger partial charge in [0.25, 0.3) is 0 Å². The van der Waals surface area contributed by atoms with Gasteiger partial charge in [0.05, 0.1) is 39.9 Å². The van der Waals surface area contributed by atoms with Crippen LogP contribution in [-0.2, 0) is 18.4 Å². The Labute approximate surface area is 417 Å². The van der Waals surface area contributed by atoms with E-state index in [-0.39, 0.29) is 19.1 Å². The maximum atomic E-state index is 13.0.